The molecule has 2 aliphatic heterocycles. The van der Waals surface area contributed by atoms with E-state index < -0.39 is 0 Å². The first-order valence-electron chi connectivity index (χ1n) is 8.29. The van der Waals surface area contributed by atoms with Gasteiger partial charge in [0.05, 0.1) is 6.61 Å². The molecule has 3 nitrogen and oxygen atoms in total. The predicted molar refractivity (Wildman–Crippen MR) is 78.3 cm³/mol. The molecule has 0 spiro atoms. The van der Waals surface area contributed by atoms with Crippen molar-refractivity contribution in [1.82, 2.24) is 10.2 Å². The molecule has 2 saturated heterocycles. The molecule has 3 fully saturated rings. The third-order valence-corrected chi connectivity index (χ3v) is 5.63. The Morgan fingerprint density at radius 3 is 2.84 bits per heavy atom. The molecule has 3 heteroatoms. The van der Waals surface area contributed by atoms with Gasteiger partial charge >= 0.3 is 0 Å². The Kier molecular flexibility index (Phi) is 4.45. The summed E-state index contributed by atoms with van der Waals surface area (Å²) in [5.41, 5.74) is 0.383. The van der Waals surface area contributed by atoms with Crippen LogP contribution in [0.3, 0.4) is 0 Å². The fourth-order valence-corrected chi connectivity index (χ4v) is 4.70. The lowest BCUT2D eigenvalue weighted by atomic mass is 9.76. The normalized spacial score (nSPS) is 40.3. The molecule has 1 aliphatic carbocycles. The van der Waals surface area contributed by atoms with Gasteiger partial charge in [0, 0.05) is 31.2 Å². The van der Waals surface area contributed by atoms with Gasteiger partial charge in [-0.05, 0) is 51.6 Å². The van der Waals surface area contributed by atoms with Gasteiger partial charge in [-0.25, -0.2) is 0 Å². The molecule has 1 N–H and O–H groups in total. The van der Waals surface area contributed by atoms with E-state index >= 15 is 0 Å². The first-order valence-corrected chi connectivity index (χ1v) is 8.29. The van der Waals surface area contributed by atoms with Crippen molar-refractivity contribution >= 4 is 0 Å². The van der Waals surface area contributed by atoms with E-state index in [1.165, 1.54) is 58.0 Å². The minimum atomic E-state index is 0.383. The quantitative estimate of drug-likeness (QED) is 0.845. The minimum absolute atomic E-state index is 0.383. The monoisotopic (exact) mass is 266 g/mol. The fraction of sp³-hybridized carbons (Fsp3) is 1.00. The first kappa shape index (κ1) is 13.8. The van der Waals surface area contributed by atoms with Gasteiger partial charge in [-0.1, -0.05) is 12.8 Å². The molecule has 3 aliphatic rings. The van der Waals surface area contributed by atoms with E-state index in [4.69, 9.17) is 4.74 Å². The molecule has 0 aromatic heterocycles. The lowest BCUT2D eigenvalue weighted by molar-refractivity contribution is 0.0193. The van der Waals surface area contributed by atoms with Crippen LogP contribution in [-0.2, 0) is 4.74 Å². The van der Waals surface area contributed by atoms with Crippen molar-refractivity contribution < 1.29 is 4.74 Å². The van der Waals surface area contributed by atoms with Crippen molar-refractivity contribution in [2.75, 3.05) is 39.9 Å². The van der Waals surface area contributed by atoms with Crippen molar-refractivity contribution in [1.29, 1.82) is 0 Å². The van der Waals surface area contributed by atoms with Gasteiger partial charge in [0.15, 0.2) is 0 Å². The molecular weight excluding hydrogens is 236 g/mol. The number of hydrogen-bond acceptors (Lipinski definition) is 3. The minimum Gasteiger partial charge on any atom is -0.381 e. The smallest absolute Gasteiger partial charge is 0.0547 e. The Bertz CT molecular complexity index is 286. The second-order valence-electron chi connectivity index (χ2n) is 7.06. The second kappa shape index (κ2) is 6.11. The highest BCUT2D eigenvalue weighted by atomic mass is 16.5. The van der Waals surface area contributed by atoms with Crippen LogP contribution >= 0.6 is 0 Å². The van der Waals surface area contributed by atoms with Gasteiger partial charge in [-0.15, -0.1) is 0 Å². The number of likely N-dealkylation sites (tertiary alicyclic amines) is 1. The van der Waals surface area contributed by atoms with Gasteiger partial charge < -0.3 is 10.1 Å². The molecule has 0 bridgehead atoms. The summed E-state index contributed by atoms with van der Waals surface area (Å²) >= 11 is 0. The molecule has 3 atom stereocenters. The molecule has 3 rings (SSSR count). The van der Waals surface area contributed by atoms with E-state index in [1.54, 1.807) is 0 Å². The lowest BCUT2D eigenvalue weighted by Crippen LogP contribution is -2.53. The molecule has 0 radical (unpaired) electrons. The summed E-state index contributed by atoms with van der Waals surface area (Å²) in [5, 5.41) is 3.41. The fourth-order valence-electron chi connectivity index (χ4n) is 4.70. The number of hydrogen-bond donors (Lipinski definition) is 1. The largest absolute Gasteiger partial charge is 0.381 e. The highest BCUT2D eigenvalue weighted by Crippen LogP contribution is 2.38. The van der Waals surface area contributed by atoms with E-state index in [0.717, 1.165) is 31.7 Å². The van der Waals surface area contributed by atoms with Crippen molar-refractivity contribution in [3.63, 3.8) is 0 Å². The van der Waals surface area contributed by atoms with Crippen LogP contribution < -0.4 is 5.32 Å². The number of rotatable bonds is 4. The molecule has 3 unspecified atom stereocenters. The molecule has 19 heavy (non-hydrogen) atoms. The maximum atomic E-state index is 5.72. The van der Waals surface area contributed by atoms with Crippen LogP contribution in [0.1, 0.15) is 44.9 Å². The van der Waals surface area contributed by atoms with Crippen molar-refractivity contribution in [3.05, 3.63) is 0 Å². The van der Waals surface area contributed by atoms with Crippen LogP contribution in [-0.4, -0.2) is 50.8 Å². The Hall–Kier alpha value is -0.120. The van der Waals surface area contributed by atoms with E-state index in [9.17, 15) is 0 Å². The zero-order chi connectivity index (χ0) is 13.1. The molecule has 0 aromatic rings. The van der Waals surface area contributed by atoms with Crippen LogP contribution in [0.15, 0.2) is 0 Å². The van der Waals surface area contributed by atoms with Crippen molar-refractivity contribution in [3.8, 4) is 0 Å². The van der Waals surface area contributed by atoms with Gasteiger partial charge in [0.1, 0.15) is 0 Å². The van der Waals surface area contributed by atoms with E-state index in [1.807, 2.05) is 0 Å². The third-order valence-electron chi connectivity index (χ3n) is 5.63. The predicted octanol–water partition coefficient (Wildman–Crippen LogP) is 2.27. The van der Waals surface area contributed by atoms with Crippen LogP contribution in [0.4, 0.5) is 0 Å². The van der Waals surface area contributed by atoms with E-state index in [0.29, 0.717) is 5.41 Å². The Morgan fingerprint density at radius 2 is 2.05 bits per heavy atom. The van der Waals surface area contributed by atoms with Gasteiger partial charge in [-0.2, -0.15) is 0 Å². The summed E-state index contributed by atoms with van der Waals surface area (Å²) in [5.74, 6) is 0.997. The number of piperidine rings is 1. The third kappa shape index (κ3) is 2.98. The van der Waals surface area contributed by atoms with Crippen LogP contribution in [0.5, 0.6) is 0 Å². The van der Waals surface area contributed by atoms with Gasteiger partial charge in [0.2, 0.25) is 0 Å². The van der Waals surface area contributed by atoms with E-state index in [-0.39, 0.29) is 0 Å². The van der Waals surface area contributed by atoms with Crippen LogP contribution in [0.25, 0.3) is 0 Å². The maximum Gasteiger partial charge on any atom is 0.0547 e. The van der Waals surface area contributed by atoms with Crippen LogP contribution in [0.2, 0.25) is 0 Å². The summed E-state index contributed by atoms with van der Waals surface area (Å²) in [7, 11) is 2.08. The summed E-state index contributed by atoms with van der Waals surface area (Å²) in [6.07, 6.45) is 9.99. The average molecular weight is 266 g/mol. The number of fused-ring (bicyclic) bond motifs is 1. The lowest BCUT2D eigenvalue weighted by Gasteiger charge is -2.47. The molecule has 0 amide bonds. The summed E-state index contributed by atoms with van der Waals surface area (Å²) in [6.45, 7) is 5.62. The molecule has 0 aromatic carbocycles. The summed E-state index contributed by atoms with van der Waals surface area (Å²) in [4.78, 5) is 2.83. The highest BCUT2D eigenvalue weighted by Gasteiger charge is 2.40. The topological polar surface area (TPSA) is 24.5 Å². The zero-order valence-corrected chi connectivity index (χ0v) is 12.5. The Balaban J connectivity index is 1.66. The van der Waals surface area contributed by atoms with Gasteiger partial charge in [0.25, 0.3) is 0 Å². The first-order chi connectivity index (χ1) is 9.33. The zero-order valence-electron chi connectivity index (χ0n) is 12.5. The van der Waals surface area contributed by atoms with Gasteiger partial charge in [-0.3, -0.25) is 4.90 Å². The number of nitrogens with one attached hydrogen (secondary N) is 1. The number of ether oxygens (including phenoxy) is 1. The molecule has 110 valence electrons. The van der Waals surface area contributed by atoms with Crippen molar-refractivity contribution in [2.24, 2.45) is 11.3 Å². The molecule has 2 heterocycles. The average Bonchev–Trinajstić information content (AvgIpc) is 2.88. The summed E-state index contributed by atoms with van der Waals surface area (Å²) in [6, 6.07) is 0.886. The number of nitrogens with zero attached hydrogens (tertiary/aromatic N) is 1. The SMILES string of the molecule is CNCC1(CN2CCCC3CCCCC32)CCOC1. The highest BCUT2D eigenvalue weighted by molar-refractivity contribution is 4.94. The van der Waals surface area contributed by atoms with Crippen LogP contribution in [0, 0.1) is 11.3 Å². The Morgan fingerprint density at radius 1 is 1.21 bits per heavy atom. The molecule has 1 saturated carbocycles. The van der Waals surface area contributed by atoms with E-state index in [2.05, 4.69) is 17.3 Å². The standard InChI is InChI=1S/C16H30N2O/c1-17-11-16(8-10-19-13-16)12-18-9-4-6-14-5-2-3-7-15(14)18/h14-15,17H,2-13H2,1H3. The Labute approximate surface area is 118 Å². The summed E-state index contributed by atoms with van der Waals surface area (Å²) < 4.78 is 5.72. The molecular formula is C16H30N2O. The maximum absolute atomic E-state index is 5.72. The van der Waals surface area contributed by atoms with Crippen molar-refractivity contribution in [2.45, 2.75) is 51.0 Å². The second-order valence-corrected chi connectivity index (χ2v) is 7.06.